The highest BCUT2D eigenvalue weighted by Gasteiger charge is 2.05. The van der Waals surface area contributed by atoms with Crippen LogP contribution in [0.3, 0.4) is 0 Å². The quantitative estimate of drug-likeness (QED) is 0.880. The Bertz CT molecular complexity index is 464. The molecule has 16 heavy (non-hydrogen) atoms. The van der Waals surface area contributed by atoms with E-state index in [1.807, 2.05) is 36.5 Å². The average Bonchev–Trinajstić information content (AvgIpc) is 2.77. The third-order valence-corrected chi connectivity index (χ3v) is 3.11. The lowest BCUT2D eigenvalue weighted by atomic mass is 10.3. The van der Waals surface area contributed by atoms with Crippen LogP contribution in [0.4, 0.5) is 5.82 Å². The maximum absolute atomic E-state index is 8.94. The lowest BCUT2D eigenvalue weighted by Crippen LogP contribution is -2.09. The van der Waals surface area contributed by atoms with E-state index < -0.39 is 0 Å². The molecule has 0 saturated carbocycles. The molecule has 0 amide bonds. The lowest BCUT2D eigenvalue weighted by molar-refractivity contribution is 0.278. The molecular weight excluding hydrogens is 222 g/mol. The molecule has 2 rings (SSSR count). The summed E-state index contributed by atoms with van der Waals surface area (Å²) >= 11 is 1.52. The van der Waals surface area contributed by atoms with Crippen LogP contribution < -0.4 is 4.90 Å². The summed E-state index contributed by atoms with van der Waals surface area (Å²) in [5.41, 5.74) is 1.69. The van der Waals surface area contributed by atoms with E-state index in [0.717, 1.165) is 16.4 Å². The minimum atomic E-state index is -0.0142. The Balaban J connectivity index is 2.27. The van der Waals surface area contributed by atoms with Gasteiger partial charge in [0, 0.05) is 31.2 Å². The molecule has 2 aromatic heterocycles. The van der Waals surface area contributed by atoms with Crippen molar-refractivity contribution in [1.29, 1.82) is 0 Å². The van der Waals surface area contributed by atoms with E-state index in [9.17, 15) is 0 Å². The van der Waals surface area contributed by atoms with Crippen molar-refractivity contribution in [2.75, 3.05) is 19.0 Å². The van der Waals surface area contributed by atoms with Gasteiger partial charge in [-0.05, 0) is 12.1 Å². The molecule has 2 aromatic rings. The highest BCUT2D eigenvalue weighted by molar-refractivity contribution is 7.13. The summed E-state index contributed by atoms with van der Waals surface area (Å²) in [6, 6.07) is 3.94. The molecule has 0 fully saturated rings. The van der Waals surface area contributed by atoms with Crippen molar-refractivity contribution < 1.29 is 5.11 Å². The Morgan fingerprint density at radius 2 is 2.19 bits per heavy atom. The second kappa shape index (κ2) is 4.59. The number of thiazole rings is 1. The highest BCUT2D eigenvalue weighted by Crippen LogP contribution is 2.24. The van der Waals surface area contributed by atoms with Crippen molar-refractivity contribution in [2.45, 2.75) is 6.61 Å². The van der Waals surface area contributed by atoms with Crippen LogP contribution in [-0.2, 0) is 6.61 Å². The normalized spacial score (nSPS) is 10.4. The Labute approximate surface area is 98.2 Å². The topological polar surface area (TPSA) is 49.2 Å². The molecular formula is C11H13N3OS. The van der Waals surface area contributed by atoms with E-state index in [4.69, 9.17) is 5.11 Å². The van der Waals surface area contributed by atoms with Crippen LogP contribution in [-0.4, -0.2) is 29.2 Å². The van der Waals surface area contributed by atoms with Crippen molar-refractivity contribution in [1.82, 2.24) is 9.97 Å². The van der Waals surface area contributed by atoms with Crippen molar-refractivity contribution >= 4 is 17.2 Å². The zero-order valence-electron chi connectivity index (χ0n) is 9.21. The zero-order valence-corrected chi connectivity index (χ0v) is 10.0. The summed E-state index contributed by atoms with van der Waals surface area (Å²) in [5.74, 6) is 0.919. The van der Waals surface area contributed by atoms with E-state index in [1.165, 1.54) is 11.3 Å². The van der Waals surface area contributed by atoms with Crippen LogP contribution in [0.15, 0.2) is 23.7 Å². The number of hydrogen-bond donors (Lipinski definition) is 1. The number of anilines is 1. The predicted octanol–water partition coefficient (Wildman–Crippen LogP) is 1.76. The Morgan fingerprint density at radius 3 is 2.69 bits per heavy atom. The number of aliphatic hydroxyl groups is 1. The molecule has 0 spiro atoms. The number of hydrogen-bond acceptors (Lipinski definition) is 5. The van der Waals surface area contributed by atoms with E-state index in [-0.39, 0.29) is 6.61 Å². The standard InChI is InChI=1S/C11H13N3OS/c1-14(2)10-4-3-8(5-12-10)11-13-9(6-15)7-16-11/h3-5,7,15H,6H2,1-2H3. The van der Waals surface area contributed by atoms with Gasteiger partial charge in [0.2, 0.25) is 0 Å². The molecule has 84 valence electrons. The minimum absolute atomic E-state index is 0.0142. The fourth-order valence-electron chi connectivity index (χ4n) is 1.29. The highest BCUT2D eigenvalue weighted by atomic mass is 32.1. The van der Waals surface area contributed by atoms with Gasteiger partial charge >= 0.3 is 0 Å². The molecule has 0 aliphatic rings. The summed E-state index contributed by atoms with van der Waals surface area (Å²) in [4.78, 5) is 10.6. The number of aromatic nitrogens is 2. The summed E-state index contributed by atoms with van der Waals surface area (Å²) in [6.45, 7) is -0.0142. The maximum Gasteiger partial charge on any atom is 0.127 e. The van der Waals surface area contributed by atoms with Gasteiger partial charge in [0.05, 0.1) is 12.3 Å². The van der Waals surface area contributed by atoms with Crippen molar-refractivity contribution in [3.63, 3.8) is 0 Å². The molecule has 0 atom stereocenters. The van der Waals surface area contributed by atoms with Gasteiger partial charge in [-0.2, -0.15) is 0 Å². The first kappa shape index (κ1) is 11.0. The van der Waals surface area contributed by atoms with Crippen LogP contribution in [0.25, 0.3) is 10.6 Å². The van der Waals surface area contributed by atoms with E-state index in [2.05, 4.69) is 9.97 Å². The van der Waals surface area contributed by atoms with Gasteiger partial charge in [0.25, 0.3) is 0 Å². The first-order valence-electron chi connectivity index (χ1n) is 4.89. The summed E-state index contributed by atoms with van der Waals surface area (Å²) in [7, 11) is 3.91. The van der Waals surface area contributed by atoms with Gasteiger partial charge in [-0.1, -0.05) is 0 Å². The van der Waals surface area contributed by atoms with Gasteiger partial charge in [-0.3, -0.25) is 0 Å². The number of aliphatic hydroxyl groups excluding tert-OH is 1. The average molecular weight is 235 g/mol. The molecule has 0 radical (unpaired) electrons. The summed E-state index contributed by atoms with van der Waals surface area (Å²) in [5, 5.41) is 11.7. The van der Waals surface area contributed by atoms with E-state index in [1.54, 1.807) is 6.20 Å². The van der Waals surface area contributed by atoms with Crippen molar-refractivity contribution in [3.8, 4) is 10.6 Å². The Morgan fingerprint density at radius 1 is 1.38 bits per heavy atom. The lowest BCUT2D eigenvalue weighted by Gasteiger charge is -2.10. The van der Waals surface area contributed by atoms with E-state index in [0.29, 0.717) is 5.69 Å². The Hall–Kier alpha value is -1.46. The molecule has 1 N–H and O–H groups in total. The molecule has 5 heteroatoms. The molecule has 0 bridgehead atoms. The predicted molar refractivity (Wildman–Crippen MR) is 65.6 cm³/mol. The van der Waals surface area contributed by atoms with Gasteiger partial charge in [0.1, 0.15) is 10.8 Å². The number of rotatable bonds is 3. The van der Waals surface area contributed by atoms with Gasteiger partial charge in [-0.25, -0.2) is 9.97 Å². The zero-order chi connectivity index (χ0) is 11.5. The van der Waals surface area contributed by atoms with Gasteiger partial charge < -0.3 is 10.0 Å². The first-order chi connectivity index (χ1) is 7.70. The van der Waals surface area contributed by atoms with Crippen molar-refractivity contribution in [3.05, 3.63) is 29.4 Å². The third-order valence-electron chi connectivity index (χ3n) is 2.17. The minimum Gasteiger partial charge on any atom is -0.390 e. The molecule has 0 aliphatic carbocycles. The largest absolute Gasteiger partial charge is 0.390 e. The van der Waals surface area contributed by atoms with Crippen LogP contribution in [0.1, 0.15) is 5.69 Å². The van der Waals surface area contributed by atoms with Crippen molar-refractivity contribution in [2.24, 2.45) is 0 Å². The smallest absolute Gasteiger partial charge is 0.127 e. The Kier molecular flexibility index (Phi) is 3.17. The van der Waals surface area contributed by atoms with Crippen LogP contribution in [0.2, 0.25) is 0 Å². The van der Waals surface area contributed by atoms with Crippen LogP contribution in [0, 0.1) is 0 Å². The molecule has 2 heterocycles. The SMILES string of the molecule is CN(C)c1ccc(-c2nc(CO)cs2)cn1. The second-order valence-electron chi connectivity index (χ2n) is 3.60. The monoisotopic (exact) mass is 235 g/mol. The molecule has 4 nitrogen and oxygen atoms in total. The molecule has 0 saturated heterocycles. The number of nitrogens with zero attached hydrogens (tertiary/aromatic N) is 3. The summed E-state index contributed by atoms with van der Waals surface area (Å²) < 4.78 is 0. The van der Waals surface area contributed by atoms with Crippen LogP contribution in [0.5, 0.6) is 0 Å². The molecule has 0 aromatic carbocycles. The van der Waals surface area contributed by atoms with Gasteiger partial charge in [-0.15, -0.1) is 11.3 Å². The molecule has 0 unspecified atom stereocenters. The fraction of sp³-hybridized carbons (Fsp3) is 0.273. The molecule has 0 aliphatic heterocycles. The van der Waals surface area contributed by atoms with Crippen LogP contribution >= 0.6 is 11.3 Å². The van der Waals surface area contributed by atoms with E-state index >= 15 is 0 Å². The maximum atomic E-state index is 8.94. The first-order valence-corrected chi connectivity index (χ1v) is 5.77. The fourth-order valence-corrected chi connectivity index (χ4v) is 2.09. The summed E-state index contributed by atoms with van der Waals surface area (Å²) in [6.07, 6.45) is 1.80. The van der Waals surface area contributed by atoms with Gasteiger partial charge in [0.15, 0.2) is 0 Å². The third kappa shape index (κ3) is 2.20. The number of pyridine rings is 1. The second-order valence-corrected chi connectivity index (χ2v) is 4.46.